The Bertz CT molecular complexity index is 898. The van der Waals surface area contributed by atoms with Crippen LogP contribution in [0.25, 0.3) is 0 Å². The minimum atomic E-state index is 0.105. The molecule has 4 aliphatic carbocycles. The van der Waals surface area contributed by atoms with Gasteiger partial charge in [0, 0.05) is 23.6 Å². The van der Waals surface area contributed by atoms with Gasteiger partial charge in [-0.15, -0.1) is 0 Å². The maximum Gasteiger partial charge on any atom is 0.226 e. The number of aromatic nitrogens is 2. The third-order valence-corrected chi connectivity index (χ3v) is 7.46. The molecule has 0 radical (unpaired) electrons. The largest absolute Gasteiger partial charge is 0.361 e. The molecule has 2 aromatic rings. The zero-order valence-electron chi connectivity index (χ0n) is 17.0. The van der Waals surface area contributed by atoms with Gasteiger partial charge in [0.1, 0.15) is 11.6 Å². The molecule has 0 aromatic carbocycles. The number of hydrogen-bond acceptors (Lipinski definition) is 4. The van der Waals surface area contributed by atoms with Crippen molar-refractivity contribution in [3.8, 4) is 0 Å². The summed E-state index contributed by atoms with van der Waals surface area (Å²) < 4.78 is 5.55. The molecule has 5 heteroatoms. The van der Waals surface area contributed by atoms with Crippen LogP contribution in [0.3, 0.4) is 0 Å². The van der Waals surface area contributed by atoms with Gasteiger partial charge < -0.3 is 9.84 Å². The number of amides is 1. The van der Waals surface area contributed by atoms with Gasteiger partial charge in [0.15, 0.2) is 0 Å². The van der Waals surface area contributed by atoms with Gasteiger partial charge in [-0.05, 0) is 94.2 Å². The van der Waals surface area contributed by atoms with Crippen LogP contribution in [-0.2, 0) is 10.2 Å². The second-order valence-electron chi connectivity index (χ2n) is 9.88. The average molecular weight is 380 g/mol. The standard InChI is InChI=1S/C23H29N3O2/c1-14-4-5-24-19(6-14)25-20(27)12-22-8-17-7-18(9-22)11-23(10-17,13-22)21-15(2)26-28-16(21)3/h4-6,17-18H,7-13H2,1-3H3,(H,24,25,27)/t17-,18-,22?,23?/m0/s1. The summed E-state index contributed by atoms with van der Waals surface area (Å²) in [5.41, 5.74) is 3.75. The molecule has 2 atom stereocenters. The van der Waals surface area contributed by atoms with E-state index in [1.807, 2.05) is 19.1 Å². The van der Waals surface area contributed by atoms with Gasteiger partial charge in [0.25, 0.3) is 0 Å². The molecule has 0 aliphatic heterocycles. The Morgan fingerprint density at radius 2 is 1.96 bits per heavy atom. The molecule has 6 rings (SSSR count). The molecule has 28 heavy (non-hydrogen) atoms. The number of aryl methyl sites for hydroxylation is 3. The number of nitrogens with zero attached hydrogens (tertiary/aromatic N) is 2. The van der Waals surface area contributed by atoms with E-state index >= 15 is 0 Å². The van der Waals surface area contributed by atoms with E-state index in [-0.39, 0.29) is 16.7 Å². The van der Waals surface area contributed by atoms with Crippen molar-refractivity contribution >= 4 is 11.7 Å². The highest BCUT2D eigenvalue weighted by Gasteiger charge is 2.59. The molecule has 1 N–H and O–H groups in total. The van der Waals surface area contributed by atoms with E-state index in [2.05, 4.69) is 29.3 Å². The highest BCUT2D eigenvalue weighted by Crippen LogP contribution is 2.67. The van der Waals surface area contributed by atoms with Crippen LogP contribution in [0.4, 0.5) is 5.82 Å². The van der Waals surface area contributed by atoms with E-state index in [9.17, 15) is 4.79 Å². The van der Waals surface area contributed by atoms with Crippen molar-refractivity contribution in [2.45, 2.75) is 71.1 Å². The number of carbonyl (C=O) groups is 1. The summed E-state index contributed by atoms with van der Waals surface area (Å²) in [7, 11) is 0. The Labute approximate surface area is 166 Å². The van der Waals surface area contributed by atoms with Gasteiger partial charge in [0.05, 0.1) is 5.69 Å². The maximum absolute atomic E-state index is 13.0. The normalized spacial score (nSPS) is 33.2. The highest BCUT2D eigenvalue weighted by atomic mass is 16.5. The second kappa shape index (κ2) is 6.16. The zero-order valence-corrected chi connectivity index (χ0v) is 17.0. The summed E-state index contributed by atoms with van der Waals surface area (Å²) in [5, 5.41) is 7.31. The van der Waals surface area contributed by atoms with E-state index in [0.29, 0.717) is 12.2 Å². The van der Waals surface area contributed by atoms with E-state index in [4.69, 9.17) is 4.52 Å². The Hall–Kier alpha value is -2.17. The van der Waals surface area contributed by atoms with Crippen molar-refractivity contribution in [3.05, 3.63) is 40.9 Å². The Balaban J connectivity index is 1.41. The van der Waals surface area contributed by atoms with Crippen LogP contribution >= 0.6 is 0 Å². The summed E-state index contributed by atoms with van der Waals surface area (Å²) in [6.07, 6.45) is 9.60. The Morgan fingerprint density at radius 1 is 1.21 bits per heavy atom. The average Bonchev–Trinajstić information content (AvgIpc) is 2.92. The Kier molecular flexibility index (Phi) is 3.94. The van der Waals surface area contributed by atoms with E-state index in [1.165, 1.54) is 37.7 Å². The van der Waals surface area contributed by atoms with Crippen molar-refractivity contribution in [2.24, 2.45) is 17.3 Å². The van der Waals surface area contributed by atoms with Gasteiger partial charge in [-0.3, -0.25) is 4.79 Å². The lowest BCUT2D eigenvalue weighted by Crippen LogP contribution is -2.55. The number of anilines is 1. The van der Waals surface area contributed by atoms with Crippen molar-refractivity contribution in [2.75, 3.05) is 5.32 Å². The molecule has 1 amide bonds. The summed E-state index contributed by atoms with van der Waals surface area (Å²) in [5.74, 6) is 3.19. The van der Waals surface area contributed by atoms with Crippen LogP contribution in [0.15, 0.2) is 22.9 Å². The van der Waals surface area contributed by atoms with E-state index in [0.717, 1.165) is 35.3 Å². The summed E-state index contributed by atoms with van der Waals surface area (Å²) >= 11 is 0. The topological polar surface area (TPSA) is 68.0 Å². The predicted octanol–water partition coefficient (Wildman–Crippen LogP) is 4.86. The maximum atomic E-state index is 13.0. The SMILES string of the molecule is Cc1ccnc(NC(=O)CC23C[C@@H]4C[C@@H](C2)CC(c2c(C)noc2C)(C4)C3)c1. The monoisotopic (exact) mass is 379 g/mol. The molecule has 2 heterocycles. The lowest BCUT2D eigenvalue weighted by molar-refractivity contribution is -0.126. The van der Waals surface area contributed by atoms with Crippen LogP contribution < -0.4 is 5.32 Å². The molecule has 4 aliphatic rings. The first-order valence-corrected chi connectivity index (χ1v) is 10.5. The predicted molar refractivity (Wildman–Crippen MR) is 107 cm³/mol. The fraction of sp³-hybridized carbons (Fsp3) is 0.609. The molecule has 2 aromatic heterocycles. The summed E-state index contributed by atoms with van der Waals surface area (Å²) in [6, 6.07) is 3.88. The van der Waals surface area contributed by atoms with Crippen LogP contribution in [-0.4, -0.2) is 16.0 Å². The first kappa shape index (κ1) is 17.9. The molecule has 148 valence electrons. The van der Waals surface area contributed by atoms with Gasteiger partial charge in [-0.2, -0.15) is 0 Å². The van der Waals surface area contributed by atoms with Crippen LogP contribution in [0, 0.1) is 38.0 Å². The fourth-order valence-electron chi connectivity index (χ4n) is 7.32. The molecule has 4 saturated carbocycles. The smallest absolute Gasteiger partial charge is 0.226 e. The number of carbonyl (C=O) groups excluding carboxylic acids is 1. The highest BCUT2D eigenvalue weighted by molar-refractivity contribution is 5.90. The van der Waals surface area contributed by atoms with Crippen LogP contribution in [0.5, 0.6) is 0 Å². The zero-order chi connectivity index (χ0) is 19.5. The Morgan fingerprint density at radius 3 is 2.61 bits per heavy atom. The molecule has 4 bridgehead atoms. The quantitative estimate of drug-likeness (QED) is 0.823. The van der Waals surface area contributed by atoms with Crippen LogP contribution in [0.2, 0.25) is 0 Å². The number of pyridine rings is 1. The number of hydrogen-bond donors (Lipinski definition) is 1. The molecule has 4 fully saturated rings. The molecular weight excluding hydrogens is 350 g/mol. The van der Waals surface area contributed by atoms with Crippen molar-refractivity contribution in [3.63, 3.8) is 0 Å². The summed E-state index contributed by atoms with van der Waals surface area (Å²) in [6.45, 7) is 6.15. The molecular formula is C23H29N3O2. The van der Waals surface area contributed by atoms with E-state index < -0.39 is 0 Å². The van der Waals surface area contributed by atoms with Crippen LogP contribution in [0.1, 0.15) is 67.5 Å². The summed E-state index contributed by atoms with van der Waals surface area (Å²) in [4.78, 5) is 17.2. The third kappa shape index (κ3) is 2.87. The minimum Gasteiger partial charge on any atom is -0.361 e. The molecule has 0 spiro atoms. The molecule has 5 nitrogen and oxygen atoms in total. The van der Waals surface area contributed by atoms with Gasteiger partial charge in [-0.25, -0.2) is 4.98 Å². The second-order valence-corrected chi connectivity index (χ2v) is 9.88. The molecule has 0 saturated heterocycles. The van der Waals surface area contributed by atoms with E-state index in [1.54, 1.807) is 6.20 Å². The van der Waals surface area contributed by atoms with Crippen molar-refractivity contribution in [1.82, 2.24) is 10.1 Å². The van der Waals surface area contributed by atoms with Gasteiger partial charge in [-0.1, -0.05) is 5.16 Å². The lowest BCUT2D eigenvalue weighted by Gasteiger charge is -2.62. The van der Waals surface area contributed by atoms with Gasteiger partial charge in [0.2, 0.25) is 5.91 Å². The first-order chi connectivity index (χ1) is 13.4. The van der Waals surface area contributed by atoms with Crippen molar-refractivity contribution < 1.29 is 9.32 Å². The first-order valence-electron chi connectivity index (χ1n) is 10.5. The fourth-order valence-corrected chi connectivity index (χ4v) is 7.32. The minimum absolute atomic E-state index is 0.105. The van der Waals surface area contributed by atoms with Crippen molar-refractivity contribution in [1.29, 1.82) is 0 Å². The van der Waals surface area contributed by atoms with Gasteiger partial charge >= 0.3 is 0 Å². The molecule has 0 unspecified atom stereocenters. The number of rotatable bonds is 4. The third-order valence-electron chi connectivity index (χ3n) is 7.46. The number of nitrogens with one attached hydrogen (secondary N) is 1. The lowest BCUT2D eigenvalue weighted by atomic mass is 9.42.